The predicted molar refractivity (Wildman–Crippen MR) is 69.6 cm³/mol. The molecule has 0 unspecified atom stereocenters. The number of aliphatic hydroxyl groups is 1. The molecule has 0 atom stereocenters. The average molecular weight is 220 g/mol. The van der Waals surface area contributed by atoms with Gasteiger partial charge in [-0.2, -0.15) is 0 Å². The summed E-state index contributed by atoms with van der Waals surface area (Å²) in [7, 11) is 0. The summed E-state index contributed by atoms with van der Waals surface area (Å²) in [6.45, 7) is 4.60. The minimum atomic E-state index is 0.166. The number of benzene rings is 1. The van der Waals surface area contributed by atoms with Crippen molar-refractivity contribution in [3.05, 3.63) is 34.9 Å². The van der Waals surface area contributed by atoms with E-state index in [1.165, 1.54) is 36.8 Å². The van der Waals surface area contributed by atoms with E-state index in [1.54, 1.807) is 0 Å². The van der Waals surface area contributed by atoms with E-state index >= 15 is 0 Å². The Morgan fingerprint density at radius 1 is 0.812 bits per heavy atom. The molecule has 16 heavy (non-hydrogen) atoms. The van der Waals surface area contributed by atoms with Crippen molar-refractivity contribution >= 4 is 0 Å². The highest BCUT2D eigenvalue weighted by molar-refractivity contribution is 5.30. The van der Waals surface area contributed by atoms with Crippen molar-refractivity contribution in [2.75, 3.05) is 0 Å². The number of hydrogen-bond acceptors (Lipinski definition) is 1. The Bertz CT molecular complexity index is 278. The maximum Gasteiger partial charge on any atom is 0.0682 e. The van der Waals surface area contributed by atoms with Gasteiger partial charge in [0.05, 0.1) is 6.61 Å². The van der Waals surface area contributed by atoms with Gasteiger partial charge in [0.1, 0.15) is 0 Å². The molecule has 0 aliphatic rings. The average Bonchev–Trinajstić information content (AvgIpc) is 2.33. The second-order valence-corrected chi connectivity index (χ2v) is 4.52. The fourth-order valence-electron chi connectivity index (χ4n) is 1.98. The quantitative estimate of drug-likeness (QED) is 0.739. The van der Waals surface area contributed by atoms with Gasteiger partial charge < -0.3 is 5.11 Å². The van der Waals surface area contributed by atoms with Crippen molar-refractivity contribution in [3.8, 4) is 0 Å². The second-order valence-electron chi connectivity index (χ2n) is 4.52. The topological polar surface area (TPSA) is 20.2 Å². The lowest BCUT2D eigenvalue weighted by Gasteiger charge is -2.08. The maximum absolute atomic E-state index is 9.24. The zero-order chi connectivity index (χ0) is 11.8. The van der Waals surface area contributed by atoms with Crippen LogP contribution in [-0.2, 0) is 19.4 Å². The van der Waals surface area contributed by atoms with E-state index in [1.807, 2.05) is 0 Å². The minimum Gasteiger partial charge on any atom is -0.392 e. The number of aliphatic hydroxyl groups excluding tert-OH is 1. The van der Waals surface area contributed by atoms with Gasteiger partial charge in [-0.15, -0.1) is 0 Å². The monoisotopic (exact) mass is 220 g/mol. The molecule has 0 aliphatic carbocycles. The van der Waals surface area contributed by atoms with E-state index in [9.17, 15) is 5.11 Å². The Morgan fingerprint density at radius 2 is 1.25 bits per heavy atom. The lowest BCUT2D eigenvalue weighted by molar-refractivity contribution is 0.281. The summed E-state index contributed by atoms with van der Waals surface area (Å²) < 4.78 is 0. The minimum absolute atomic E-state index is 0.166. The van der Waals surface area contributed by atoms with E-state index in [-0.39, 0.29) is 6.61 Å². The third kappa shape index (κ3) is 4.36. The van der Waals surface area contributed by atoms with E-state index in [4.69, 9.17) is 0 Å². The van der Waals surface area contributed by atoms with E-state index in [2.05, 4.69) is 32.0 Å². The van der Waals surface area contributed by atoms with Gasteiger partial charge in [0.2, 0.25) is 0 Å². The van der Waals surface area contributed by atoms with E-state index < -0.39 is 0 Å². The van der Waals surface area contributed by atoms with E-state index in [0.717, 1.165) is 18.4 Å². The molecule has 1 rings (SSSR count). The Labute approximate surface area is 99.5 Å². The summed E-state index contributed by atoms with van der Waals surface area (Å²) >= 11 is 0. The number of rotatable bonds is 7. The molecule has 1 N–H and O–H groups in total. The predicted octanol–water partition coefficient (Wildman–Crippen LogP) is 3.86. The molecular weight excluding hydrogens is 196 g/mol. The lowest BCUT2D eigenvalue weighted by atomic mass is 9.99. The Morgan fingerprint density at radius 3 is 1.62 bits per heavy atom. The van der Waals surface area contributed by atoms with Crippen molar-refractivity contribution in [2.24, 2.45) is 0 Å². The van der Waals surface area contributed by atoms with Crippen LogP contribution in [-0.4, -0.2) is 5.11 Å². The third-order valence-electron chi connectivity index (χ3n) is 2.93. The first-order valence-electron chi connectivity index (χ1n) is 6.52. The van der Waals surface area contributed by atoms with Crippen LogP contribution in [0.3, 0.4) is 0 Å². The van der Waals surface area contributed by atoms with Crippen LogP contribution in [0.1, 0.15) is 56.2 Å². The third-order valence-corrected chi connectivity index (χ3v) is 2.93. The van der Waals surface area contributed by atoms with Crippen LogP contribution in [0.2, 0.25) is 0 Å². The van der Waals surface area contributed by atoms with Crippen LogP contribution in [0.5, 0.6) is 0 Å². The number of aryl methyl sites for hydroxylation is 2. The molecule has 0 fully saturated rings. The summed E-state index contributed by atoms with van der Waals surface area (Å²) in [5, 5.41) is 9.24. The fourth-order valence-corrected chi connectivity index (χ4v) is 1.98. The van der Waals surface area contributed by atoms with Crippen LogP contribution in [0, 0.1) is 0 Å². The first-order chi connectivity index (χ1) is 7.80. The molecule has 90 valence electrons. The molecule has 0 saturated heterocycles. The Balaban J connectivity index is 2.74. The molecule has 0 saturated carbocycles. The maximum atomic E-state index is 9.24. The lowest BCUT2D eigenvalue weighted by Crippen LogP contribution is -1.94. The van der Waals surface area contributed by atoms with Crippen LogP contribution < -0.4 is 0 Å². The molecule has 1 aromatic carbocycles. The normalized spacial score (nSPS) is 10.7. The van der Waals surface area contributed by atoms with Gasteiger partial charge >= 0.3 is 0 Å². The van der Waals surface area contributed by atoms with Gasteiger partial charge in [-0.25, -0.2) is 0 Å². The van der Waals surface area contributed by atoms with Crippen molar-refractivity contribution in [1.82, 2.24) is 0 Å². The Kier molecular flexibility index (Phi) is 6.17. The van der Waals surface area contributed by atoms with Gasteiger partial charge in [-0.3, -0.25) is 0 Å². The van der Waals surface area contributed by atoms with Crippen molar-refractivity contribution in [3.63, 3.8) is 0 Å². The van der Waals surface area contributed by atoms with Gasteiger partial charge in [0.25, 0.3) is 0 Å². The number of hydrogen-bond donors (Lipinski definition) is 1. The summed E-state index contributed by atoms with van der Waals surface area (Å²) in [6.07, 6.45) is 7.22. The zero-order valence-electron chi connectivity index (χ0n) is 10.6. The molecule has 0 heterocycles. The van der Waals surface area contributed by atoms with Crippen LogP contribution >= 0.6 is 0 Å². The molecule has 0 spiro atoms. The Hall–Kier alpha value is -0.820. The van der Waals surface area contributed by atoms with Crippen molar-refractivity contribution in [2.45, 2.75) is 59.0 Å². The zero-order valence-corrected chi connectivity index (χ0v) is 10.6. The molecule has 1 heteroatoms. The second kappa shape index (κ2) is 7.45. The van der Waals surface area contributed by atoms with Crippen molar-refractivity contribution < 1.29 is 5.11 Å². The fraction of sp³-hybridized carbons (Fsp3) is 0.600. The molecule has 0 amide bonds. The van der Waals surface area contributed by atoms with Crippen LogP contribution in [0.15, 0.2) is 18.2 Å². The van der Waals surface area contributed by atoms with Crippen LogP contribution in [0.25, 0.3) is 0 Å². The highest BCUT2D eigenvalue weighted by Gasteiger charge is 2.00. The largest absolute Gasteiger partial charge is 0.392 e. The van der Waals surface area contributed by atoms with Gasteiger partial charge in [0, 0.05) is 0 Å². The smallest absolute Gasteiger partial charge is 0.0682 e. The molecule has 0 aromatic heterocycles. The van der Waals surface area contributed by atoms with Gasteiger partial charge in [-0.1, -0.05) is 44.9 Å². The summed E-state index contributed by atoms with van der Waals surface area (Å²) in [5.74, 6) is 0. The molecule has 0 radical (unpaired) electrons. The SMILES string of the molecule is CCCCc1cc(CO)cc(CCCC)c1. The highest BCUT2D eigenvalue weighted by atomic mass is 16.3. The standard InChI is InChI=1S/C15H24O/c1-3-5-7-13-9-14(8-6-4-2)11-15(10-13)12-16/h9-11,16H,3-8,12H2,1-2H3. The summed E-state index contributed by atoms with van der Waals surface area (Å²) in [6, 6.07) is 6.60. The van der Waals surface area contributed by atoms with Crippen LogP contribution in [0.4, 0.5) is 0 Å². The highest BCUT2D eigenvalue weighted by Crippen LogP contribution is 2.15. The summed E-state index contributed by atoms with van der Waals surface area (Å²) in [5.41, 5.74) is 3.85. The molecular formula is C15H24O. The molecule has 0 aliphatic heterocycles. The number of unbranched alkanes of at least 4 members (excludes halogenated alkanes) is 2. The molecule has 1 aromatic rings. The molecule has 0 bridgehead atoms. The first-order valence-corrected chi connectivity index (χ1v) is 6.52. The molecule has 1 nitrogen and oxygen atoms in total. The van der Waals surface area contributed by atoms with Gasteiger partial charge in [0.15, 0.2) is 0 Å². The van der Waals surface area contributed by atoms with E-state index in [0.29, 0.717) is 0 Å². The van der Waals surface area contributed by atoms with Gasteiger partial charge in [-0.05, 0) is 42.4 Å². The first kappa shape index (κ1) is 13.2. The summed E-state index contributed by atoms with van der Waals surface area (Å²) in [4.78, 5) is 0. The van der Waals surface area contributed by atoms with Crippen molar-refractivity contribution in [1.29, 1.82) is 0 Å².